The van der Waals surface area contributed by atoms with E-state index in [1.54, 1.807) is 24.3 Å². The molecular formula is C24H25N5O5. The average Bonchev–Trinajstić information content (AvgIpc) is 2.84. The molecule has 3 aromatic rings. The molecule has 176 valence electrons. The molecule has 10 nitrogen and oxygen atoms in total. The van der Waals surface area contributed by atoms with E-state index in [4.69, 9.17) is 14.7 Å². The Kier molecular flexibility index (Phi) is 8.21. The number of nitrogens with one attached hydrogen (secondary N) is 3. The second kappa shape index (κ2) is 11.5. The van der Waals surface area contributed by atoms with Gasteiger partial charge in [-0.25, -0.2) is 4.79 Å². The maximum atomic E-state index is 12.9. The molecule has 0 saturated heterocycles. The van der Waals surface area contributed by atoms with Crippen LogP contribution < -0.4 is 26.6 Å². The van der Waals surface area contributed by atoms with Crippen LogP contribution in [0.5, 0.6) is 5.75 Å². The van der Waals surface area contributed by atoms with Crippen LogP contribution in [0.1, 0.15) is 18.1 Å². The SMILES string of the molecule is COCCn1c(NC(=O)C(C)Oc2ccc(C#N)cc2)c(NCc2ccccc2)c(=O)[nH]c1=O. The number of amides is 1. The van der Waals surface area contributed by atoms with Gasteiger partial charge in [-0.3, -0.25) is 19.1 Å². The molecule has 34 heavy (non-hydrogen) atoms. The highest BCUT2D eigenvalue weighted by Gasteiger charge is 2.21. The molecule has 0 aliphatic rings. The van der Waals surface area contributed by atoms with Crippen molar-refractivity contribution in [3.05, 3.63) is 86.6 Å². The minimum Gasteiger partial charge on any atom is -0.481 e. The van der Waals surface area contributed by atoms with Gasteiger partial charge in [-0.05, 0) is 36.8 Å². The van der Waals surface area contributed by atoms with E-state index in [9.17, 15) is 14.4 Å². The van der Waals surface area contributed by atoms with Gasteiger partial charge < -0.3 is 20.1 Å². The molecule has 3 N–H and O–H groups in total. The first-order chi connectivity index (χ1) is 16.4. The number of benzene rings is 2. The van der Waals surface area contributed by atoms with Crippen LogP contribution in [0.25, 0.3) is 0 Å². The summed E-state index contributed by atoms with van der Waals surface area (Å²) in [5, 5.41) is 14.6. The van der Waals surface area contributed by atoms with Crippen molar-refractivity contribution in [3.63, 3.8) is 0 Å². The van der Waals surface area contributed by atoms with Gasteiger partial charge in [-0.15, -0.1) is 0 Å². The fourth-order valence-corrected chi connectivity index (χ4v) is 3.13. The van der Waals surface area contributed by atoms with Gasteiger partial charge in [0.15, 0.2) is 6.10 Å². The van der Waals surface area contributed by atoms with Crippen LogP contribution in [0.15, 0.2) is 64.2 Å². The maximum Gasteiger partial charge on any atom is 0.330 e. The summed E-state index contributed by atoms with van der Waals surface area (Å²) in [7, 11) is 1.48. The highest BCUT2D eigenvalue weighted by atomic mass is 16.5. The number of nitrogens with zero attached hydrogens (tertiary/aromatic N) is 2. The zero-order chi connectivity index (χ0) is 24.5. The van der Waals surface area contributed by atoms with E-state index < -0.39 is 23.3 Å². The number of nitriles is 1. The lowest BCUT2D eigenvalue weighted by molar-refractivity contribution is -0.122. The zero-order valence-electron chi connectivity index (χ0n) is 18.8. The number of rotatable bonds is 10. The molecule has 1 amide bonds. The predicted molar refractivity (Wildman–Crippen MR) is 127 cm³/mol. The standard InChI is InChI=1S/C24H25N5O5/c1-16(34-19-10-8-17(14-25)9-11-19)22(30)27-21-20(26-15-18-6-4-3-5-7-18)23(31)28-24(32)29(21)12-13-33-2/h3-11,16,26H,12-13,15H2,1-2H3,(H,27,30)(H,28,31,32). The third-order valence-corrected chi connectivity index (χ3v) is 4.94. The van der Waals surface area contributed by atoms with E-state index in [1.165, 1.54) is 18.6 Å². The third kappa shape index (κ3) is 6.11. The molecule has 0 aliphatic carbocycles. The van der Waals surface area contributed by atoms with E-state index in [2.05, 4.69) is 15.6 Å². The number of methoxy groups -OCH3 is 1. The van der Waals surface area contributed by atoms with E-state index in [0.717, 1.165) is 5.56 Å². The molecule has 0 bridgehead atoms. The predicted octanol–water partition coefficient (Wildman–Crippen LogP) is 2.07. The zero-order valence-corrected chi connectivity index (χ0v) is 18.8. The molecule has 0 aliphatic heterocycles. The van der Waals surface area contributed by atoms with Gasteiger partial charge in [0.1, 0.15) is 17.3 Å². The molecule has 2 aromatic carbocycles. The van der Waals surface area contributed by atoms with Crippen LogP contribution in [0.2, 0.25) is 0 Å². The Morgan fingerprint density at radius 3 is 2.50 bits per heavy atom. The summed E-state index contributed by atoms with van der Waals surface area (Å²) in [4.78, 5) is 40.4. The highest BCUT2D eigenvalue weighted by molar-refractivity contribution is 5.95. The quantitative estimate of drug-likeness (QED) is 0.418. The second-order valence-corrected chi connectivity index (χ2v) is 7.35. The van der Waals surface area contributed by atoms with Crippen molar-refractivity contribution in [2.45, 2.75) is 26.1 Å². The Bertz CT molecular complexity index is 1280. The molecular weight excluding hydrogens is 438 g/mol. The molecule has 0 spiro atoms. The fraction of sp³-hybridized carbons (Fsp3) is 0.250. The van der Waals surface area contributed by atoms with Crippen molar-refractivity contribution < 1.29 is 14.3 Å². The molecule has 1 unspecified atom stereocenters. The van der Waals surface area contributed by atoms with E-state index in [0.29, 0.717) is 17.9 Å². The first-order valence-corrected chi connectivity index (χ1v) is 10.5. The highest BCUT2D eigenvalue weighted by Crippen LogP contribution is 2.19. The summed E-state index contributed by atoms with van der Waals surface area (Å²) in [6.45, 7) is 2.12. The van der Waals surface area contributed by atoms with Crippen molar-refractivity contribution >= 4 is 17.4 Å². The summed E-state index contributed by atoms with van der Waals surface area (Å²) in [6.07, 6.45) is -0.958. The number of aromatic amines is 1. The van der Waals surface area contributed by atoms with Crippen LogP contribution in [-0.4, -0.2) is 35.3 Å². The molecule has 0 saturated carbocycles. The smallest absolute Gasteiger partial charge is 0.330 e. The van der Waals surface area contributed by atoms with Gasteiger partial charge in [0.05, 0.1) is 24.8 Å². The summed E-state index contributed by atoms with van der Waals surface area (Å²) >= 11 is 0. The summed E-state index contributed by atoms with van der Waals surface area (Å²) in [6, 6.07) is 17.7. The lowest BCUT2D eigenvalue weighted by atomic mass is 10.2. The number of anilines is 2. The minimum atomic E-state index is -0.958. The van der Waals surface area contributed by atoms with Gasteiger partial charge in [-0.2, -0.15) is 5.26 Å². The van der Waals surface area contributed by atoms with Crippen LogP contribution in [0, 0.1) is 11.3 Å². The first kappa shape index (κ1) is 24.3. The van der Waals surface area contributed by atoms with Crippen LogP contribution >= 0.6 is 0 Å². The summed E-state index contributed by atoms with van der Waals surface area (Å²) in [5.41, 5.74) is 0.0721. The first-order valence-electron chi connectivity index (χ1n) is 10.5. The molecule has 1 heterocycles. The third-order valence-electron chi connectivity index (χ3n) is 4.94. The number of carbonyl (C=O) groups excluding carboxylic acids is 1. The Balaban J connectivity index is 1.88. The minimum absolute atomic E-state index is 0.0157. The second-order valence-electron chi connectivity index (χ2n) is 7.35. The van der Waals surface area contributed by atoms with E-state index in [-0.39, 0.29) is 24.7 Å². The van der Waals surface area contributed by atoms with Crippen molar-refractivity contribution in [1.82, 2.24) is 9.55 Å². The number of carbonyl (C=O) groups is 1. The van der Waals surface area contributed by atoms with Crippen LogP contribution in [-0.2, 0) is 22.6 Å². The topological polar surface area (TPSA) is 138 Å². The van der Waals surface area contributed by atoms with Gasteiger partial charge in [-0.1, -0.05) is 30.3 Å². The van der Waals surface area contributed by atoms with E-state index >= 15 is 0 Å². The number of hydrogen-bond donors (Lipinski definition) is 3. The maximum absolute atomic E-state index is 12.9. The molecule has 1 aromatic heterocycles. The molecule has 3 rings (SSSR count). The average molecular weight is 463 g/mol. The van der Waals surface area contributed by atoms with Gasteiger partial charge >= 0.3 is 5.69 Å². The van der Waals surface area contributed by atoms with Crippen molar-refractivity contribution in [2.24, 2.45) is 0 Å². The number of ether oxygens (including phenoxy) is 2. The van der Waals surface area contributed by atoms with Gasteiger partial charge in [0.2, 0.25) is 0 Å². The van der Waals surface area contributed by atoms with Crippen molar-refractivity contribution in [3.8, 4) is 11.8 Å². The lowest BCUT2D eigenvalue weighted by Crippen LogP contribution is -2.38. The molecule has 10 heteroatoms. The van der Waals surface area contributed by atoms with Crippen molar-refractivity contribution in [2.75, 3.05) is 24.4 Å². The Hall–Kier alpha value is -4.36. The Labute approximate surface area is 195 Å². The van der Waals surface area contributed by atoms with E-state index in [1.807, 2.05) is 36.4 Å². The summed E-state index contributed by atoms with van der Waals surface area (Å²) < 4.78 is 12.0. The number of aromatic nitrogens is 2. The van der Waals surface area contributed by atoms with Gasteiger partial charge in [0.25, 0.3) is 11.5 Å². The molecule has 0 fully saturated rings. The monoisotopic (exact) mass is 463 g/mol. The number of H-pyrrole nitrogens is 1. The van der Waals surface area contributed by atoms with Gasteiger partial charge in [0, 0.05) is 13.7 Å². The normalized spacial score (nSPS) is 11.3. The largest absolute Gasteiger partial charge is 0.481 e. The fourth-order valence-electron chi connectivity index (χ4n) is 3.13. The molecule has 1 atom stereocenters. The van der Waals surface area contributed by atoms with Crippen LogP contribution in [0.3, 0.4) is 0 Å². The molecule has 0 radical (unpaired) electrons. The lowest BCUT2D eigenvalue weighted by Gasteiger charge is -2.20. The van der Waals surface area contributed by atoms with Crippen molar-refractivity contribution in [1.29, 1.82) is 5.26 Å². The van der Waals surface area contributed by atoms with Crippen LogP contribution in [0.4, 0.5) is 11.5 Å². The number of hydrogen-bond acceptors (Lipinski definition) is 7. The summed E-state index contributed by atoms with van der Waals surface area (Å²) in [5.74, 6) is -0.156. The Morgan fingerprint density at radius 2 is 1.85 bits per heavy atom. The Morgan fingerprint density at radius 1 is 1.15 bits per heavy atom.